The highest BCUT2D eigenvalue weighted by atomic mass is 16.5. The number of benzene rings is 1. The van der Waals surface area contributed by atoms with Gasteiger partial charge in [0.05, 0.1) is 5.92 Å². The number of aromatic hydroxyl groups is 1. The predicted molar refractivity (Wildman–Crippen MR) is 123 cm³/mol. The first-order valence-electron chi connectivity index (χ1n) is 12.2. The van der Waals surface area contributed by atoms with Gasteiger partial charge in [0.2, 0.25) is 0 Å². The van der Waals surface area contributed by atoms with E-state index in [1.54, 1.807) is 13.2 Å². The van der Waals surface area contributed by atoms with Gasteiger partial charge >= 0.3 is 5.97 Å². The highest BCUT2D eigenvalue weighted by Gasteiger charge is 2.46. The monoisotopic (exact) mass is 431 g/mol. The molecule has 0 bridgehead atoms. The minimum absolute atomic E-state index is 0.0658. The Labute approximate surface area is 187 Å². The second-order valence-corrected chi connectivity index (χ2v) is 9.87. The summed E-state index contributed by atoms with van der Waals surface area (Å²) in [6.07, 6.45) is 11.0. The molecule has 0 amide bonds. The third-order valence-electron chi connectivity index (χ3n) is 8.14. The van der Waals surface area contributed by atoms with Crippen LogP contribution in [0.4, 0.5) is 0 Å². The number of phenolic OH excluding ortho intramolecular Hbond substituents is 1. The predicted octanol–water partition coefficient (Wildman–Crippen LogP) is 5.39. The van der Waals surface area contributed by atoms with Crippen LogP contribution in [0.5, 0.6) is 5.75 Å². The summed E-state index contributed by atoms with van der Waals surface area (Å²) in [5.41, 5.74) is 1.86. The molecule has 2 aliphatic rings. The van der Waals surface area contributed by atoms with Gasteiger partial charge in [0.1, 0.15) is 11.5 Å². The van der Waals surface area contributed by atoms with Gasteiger partial charge in [-0.05, 0) is 73.2 Å². The Morgan fingerprint density at radius 3 is 2.55 bits per heavy atom. The lowest BCUT2D eigenvalue weighted by atomic mass is 9.64. The summed E-state index contributed by atoms with van der Waals surface area (Å²) < 4.78 is 6.10. The average Bonchev–Trinajstić information content (AvgIpc) is 2.78. The molecule has 174 valence electrons. The first-order chi connectivity index (χ1) is 14.9. The summed E-state index contributed by atoms with van der Waals surface area (Å²) in [7, 11) is 1.76. The zero-order chi connectivity index (χ0) is 22.5. The number of nitrogens with one attached hydrogen (secondary N) is 1. The number of hydrogen-bond acceptors (Lipinski definition) is 4. The quantitative estimate of drug-likeness (QED) is 0.433. The topological polar surface area (TPSA) is 78.8 Å². The average molecular weight is 432 g/mol. The van der Waals surface area contributed by atoms with Crippen LogP contribution in [0.25, 0.3) is 0 Å². The van der Waals surface area contributed by atoms with Gasteiger partial charge in [0.25, 0.3) is 0 Å². The van der Waals surface area contributed by atoms with E-state index < -0.39 is 11.7 Å². The standard InChI is InChI=1S/C26H41NO4/c1-4-25(5-2)18-26(31-3,17-21-11-12-22(28)16-23(21)25)27-14-13-20(24(29)30)15-19-9-7-6-8-10-19/h11-12,16,19-20,27-28H,4-10,13-15,17-18H2,1-3H3,(H,29,30)/t20-,26+/m1/s1. The molecule has 1 saturated carbocycles. The largest absolute Gasteiger partial charge is 0.508 e. The number of ether oxygens (including phenoxy) is 1. The molecule has 0 spiro atoms. The smallest absolute Gasteiger partial charge is 0.306 e. The summed E-state index contributed by atoms with van der Waals surface area (Å²) in [5, 5.41) is 23.5. The van der Waals surface area contributed by atoms with Crippen molar-refractivity contribution in [2.45, 2.75) is 95.6 Å². The molecule has 0 saturated heterocycles. The molecule has 31 heavy (non-hydrogen) atoms. The van der Waals surface area contributed by atoms with Crippen molar-refractivity contribution in [1.82, 2.24) is 5.32 Å². The van der Waals surface area contributed by atoms with Gasteiger partial charge in [-0.2, -0.15) is 0 Å². The van der Waals surface area contributed by atoms with Gasteiger partial charge in [-0.1, -0.05) is 52.0 Å². The van der Waals surface area contributed by atoms with E-state index in [1.807, 2.05) is 12.1 Å². The van der Waals surface area contributed by atoms with Crippen LogP contribution in [-0.4, -0.2) is 35.6 Å². The number of carboxylic acids is 1. The van der Waals surface area contributed by atoms with Gasteiger partial charge in [-0.25, -0.2) is 0 Å². The summed E-state index contributed by atoms with van der Waals surface area (Å²) in [4.78, 5) is 11.9. The van der Waals surface area contributed by atoms with Crippen molar-refractivity contribution < 1.29 is 19.7 Å². The molecule has 1 aromatic carbocycles. The van der Waals surface area contributed by atoms with Crippen LogP contribution >= 0.6 is 0 Å². The molecule has 3 N–H and O–H groups in total. The van der Waals surface area contributed by atoms with E-state index in [-0.39, 0.29) is 11.3 Å². The molecule has 5 nitrogen and oxygen atoms in total. The van der Waals surface area contributed by atoms with Crippen LogP contribution in [0.15, 0.2) is 18.2 Å². The molecule has 0 aliphatic heterocycles. The lowest BCUT2D eigenvalue weighted by Gasteiger charge is -2.48. The molecule has 0 aromatic heterocycles. The molecule has 0 unspecified atom stereocenters. The van der Waals surface area contributed by atoms with E-state index in [4.69, 9.17) is 4.74 Å². The maximum absolute atomic E-state index is 11.9. The van der Waals surface area contributed by atoms with E-state index in [0.717, 1.165) is 32.1 Å². The van der Waals surface area contributed by atoms with Crippen molar-refractivity contribution in [3.63, 3.8) is 0 Å². The molecule has 1 fully saturated rings. The molecular weight excluding hydrogens is 390 g/mol. The van der Waals surface area contributed by atoms with Crippen molar-refractivity contribution in [3.8, 4) is 5.75 Å². The number of fused-ring (bicyclic) bond motifs is 1. The normalized spacial score (nSPS) is 24.5. The number of carboxylic acid groups (broad SMARTS) is 1. The van der Waals surface area contributed by atoms with Crippen molar-refractivity contribution >= 4 is 5.97 Å². The van der Waals surface area contributed by atoms with Gasteiger partial charge in [-0.15, -0.1) is 0 Å². The van der Waals surface area contributed by atoms with Gasteiger partial charge in [-0.3, -0.25) is 10.1 Å². The Balaban J connectivity index is 1.71. The first-order valence-corrected chi connectivity index (χ1v) is 12.2. The lowest BCUT2D eigenvalue weighted by molar-refractivity contribution is -0.143. The molecule has 5 heteroatoms. The Hall–Kier alpha value is -1.59. The molecule has 0 radical (unpaired) electrons. The summed E-state index contributed by atoms with van der Waals surface area (Å²) in [6.45, 7) is 5.04. The number of methoxy groups -OCH3 is 1. The van der Waals surface area contributed by atoms with Crippen molar-refractivity contribution in [2.75, 3.05) is 13.7 Å². The molecule has 1 aromatic rings. The Morgan fingerprint density at radius 1 is 1.23 bits per heavy atom. The first kappa shape index (κ1) is 24.1. The van der Waals surface area contributed by atoms with Crippen LogP contribution in [0.3, 0.4) is 0 Å². The number of carbonyl (C=O) groups is 1. The van der Waals surface area contributed by atoms with Crippen molar-refractivity contribution in [2.24, 2.45) is 11.8 Å². The number of rotatable bonds is 10. The molecule has 0 heterocycles. The van der Waals surface area contributed by atoms with E-state index in [2.05, 4.69) is 19.2 Å². The van der Waals surface area contributed by atoms with Gasteiger partial charge in [0, 0.05) is 13.5 Å². The minimum Gasteiger partial charge on any atom is -0.508 e. The fraction of sp³-hybridized carbons (Fsp3) is 0.731. The summed E-state index contributed by atoms with van der Waals surface area (Å²) in [5.74, 6) is -0.0811. The SMILES string of the molecule is CCC1(CC)C[C@@](NCC[C@H](CC2CCCCC2)C(=O)O)(OC)Cc2ccc(O)cc21. The van der Waals surface area contributed by atoms with Crippen LogP contribution < -0.4 is 5.32 Å². The van der Waals surface area contributed by atoms with Crippen molar-refractivity contribution in [1.29, 1.82) is 0 Å². The van der Waals surface area contributed by atoms with Crippen LogP contribution in [0.1, 0.15) is 89.2 Å². The second-order valence-electron chi connectivity index (χ2n) is 9.87. The maximum atomic E-state index is 11.9. The lowest BCUT2D eigenvalue weighted by Crippen LogP contribution is -2.56. The van der Waals surface area contributed by atoms with E-state index in [1.165, 1.54) is 43.2 Å². The molecule has 3 rings (SSSR count). The number of phenols is 1. The Morgan fingerprint density at radius 2 is 1.94 bits per heavy atom. The third kappa shape index (κ3) is 5.43. The number of hydrogen-bond donors (Lipinski definition) is 3. The van der Waals surface area contributed by atoms with E-state index in [0.29, 0.717) is 24.6 Å². The molecular formula is C26H41NO4. The maximum Gasteiger partial charge on any atom is 0.306 e. The highest BCUT2D eigenvalue weighted by Crippen LogP contribution is 2.47. The fourth-order valence-electron chi connectivity index (χ4n) is 6.09. The van der Waals surface area contributed by atoms with Gasteiger partial charge in [0.15, 0.2) is 0 Å². The Kier molecular flexibility index (Phi) is 8.03. The second kappa shape index (κ2) is 10.4. The van der Waals surface area contributed by atoms with Gasteiger partial charge < -0.3 is 14.9 Å². The summed E-state index contributed by atoms with van der Waals surface area (Å²) in [6, 6.07) is 5.69. The number of aliphatic carboxylic acids is 1. The van der Waals surface area contributed by atoms with Crippen LogP contribution in [0, 0.1) is 11.8 Å². The summed E-state index contributed by atoms with van der Waals surface area (Å²) >= 11 is 0. The third-order valence-corrected chi connectivity index (χ3v) is 8.14. The Bertz CT molecular complexity index is 739. The highest BCUT2D eigenvalue weighted by molar-refractivity contribution is 5.69. The molecule has 2 atom stereocenters. The van der Waals surface area contributed by atoms with E-state index in [9.17, 15) is 15.0 Å². The zero-order valence-electron chi connectivity index (χ0n) is 19.6. The van der Waals surface area contributed by atoms with Crippen molar-refractivity contribution in [3.05, 3.63) is 29.3 Å². The fourth-order valence-corrected chi connectivity index (χ4v) is 6.09. The molecule has 2 aliphatic carbocycles. The van der Waals surface area contributed by atoms with E-state index >= 15 is 0 Å². The van der Waals surface area contributed by atoms with Crippen LogP contribution in [0.2, 0.25) is 0 Å². The minimum atomic E-state index is -0.667. The zero-order valence-corrected chi connectivity index (χ0v) is 19.6. The van der Waals surface area contributed by atoms with Crippen LogP contribution in [-0.2, 0) is 21.4 Å².